The van der Waals surface area contributed by atoms with E-state index in [0.29, 0.717) is 25.3 Å². The maximum Gasteiger partial charge on any atom is 0.254 e. The Morgan fingerprint density at radius 2 is 2.17 bits per heavy atom. The first kappa shape index (κ1) is 17.0. The monoisotopic (exact) mass is 337 g/mol. The highest BCUT2D eigenvalue weighted by molar-refractivity contribution is 5.96. The molecule has 1 saturated carbocycles. The Balaban J connectivity index is 1.88. The van der Waals surface area contributed by atoms with Crippen LogP contribution in [0.5, 0.6) is 0 Å². The van der Waals surface area contributed by atoms with Crippen molar-refractivity contribution in [3.05, 3.63) is 47.5 Å². The Hall–Kier alpha value is -1.79. The number of aryl methyl sites for hydroxylation is 1. The SMILES string of the molecule is C=CCOC1C2CCC1N(C(=O)c1cc(F)c(F)cc1C)CCO2. The molecule has 3 atom stereocenters. The molecule has 3 rings (SSSR count). The molecule has 1 aromatic rings. The molecule has 3 unspecified atom stereocenters. The van der Waals surface area contributed by atoms with Crippen LogP contribution in [0.4, 0.5) is 8.78 Å². The molecule has 0 spiro atoms. The molecule has 1 heterocycles. The lowest BCUT2D eigenvalue weighted by atomic mass is 10.0. The average Bonchev–Trinajstić information content (AvgIpc) is 2.84. The van der Waals surface area contributed by atoms with Gasteiger partial charge in [0, 0.05) is 12.1 Å². The highest BCUT2D eigenvalue weighted by Gasteiger charge is 2.44. The summed E-state index contributed by atoms with van der Waals surface area (Å²) >= 11 is 0. The molecule has 0 radical (unpaired) electrons. The summed E-state index contributed by atoms with van der Waals surface area (Å²) in [5.74, 6) is -2.27. The summed E-state index contributed by atoms with van der Waals surface area (Å²) in [6, 6.07) is 1.91. The Morgan fingerprint density at radius 3 is 2.92 bits per heavy atom. The third kappa shape index (κ3) is 3.08. The number of rotatable bonds is 4. The molecule has 1 aliphatic heterocycles. The lowest BCUT2D eigenvalue weighted by molar-refractivity contribution is -0.0434. The van der Waals surface area contributed by atoms with Crippen LogP contribution >= 0.6 is 0 Å². The van der Waals surface area contributed by atoms with E-state index in [1.54, 1.807) is 17.9 Å². The molecule has 0 N–H and O–H groups in total. The number of amides is 1. The summed E-state index contributed by atoms with van der Waals surface area (Å²) in [5, 5.41) is 0. The van der Waals surface area contributed by atoms with Gasteiger partial charge in [-0.2, -0.15) is 0 Å². The van der Waals surface area contributed by atoms with Gasteiger partial charge in [-0.25, -0.2) is 8.78 Å². The highest BCUT2D eigenvalue weighted by Crippen LogP contribution is 2.33. The number of carbonyl (C=O) groups excluding carboxylic acids is 1. The Morgan fingerprint density at radius 1 is 1.42 bits per heavy atom. The number of hydrogen-bond acceptors (Lipinski definition) is 3. The van der Waals surface area contributed by atoms with E-state index in [9.17, 15) is 13.6 Å². The Labute approximate surface area is 140 Å². The van der Waals surface area contributed by atoms with Gasteiger partial charge < -0.3 is 14.4 Å². The van der Waals surface area contributed by atoms with Crippen LogP contribution in [0, 0.1) is 18.6 Å². The summed E-state index contributed by atoms with van der Waals surface area (Å²) < 4.78 is 38.5. The van der Waals surface area contributed by atoms with Crippen LogP contribution in [0.3, 0.4) is 0 Å². The molecular formula is C18H21F2NO3. The van der Waals surface area contributed by atoms with Gasteiger partial charge >= 0.3 is 0 Å². The molecule has 6 heteroatoms. The predicted octanol–water partition coefficient (Wildman–Crippen LogP) is 2.85. The van der Waals surface area contributed by atoms with Crippen molar-refractivity contribution in [2.75, 3.05) is 19.8 Å². The van der Waals surface area contributed by atoms with Gasteiger partial charge in [0.1, 0.15) is 6.10 Å². The van der Waals surface area contributed by atoms with Crippen LogP contribution in [0.2, 0.25) is 0 Å². The van der Waals surface area contributed by atoms with E-state index in [1.807, 2.05) is 0 Å². The summed E-state index contributed by atoms with van der Waals surface area (Å²) in [7, 11) is 0. The zero-order valence-electron chi connectivity index (χ0n) is 13.6. The molecule has 2 bridgehead atoms. The fourth-order valence-electron chi connectivity index (χ4n) is 3.57. The van der Waals surface area contributed by atoms with Crippen LogP contribution in [-0.4, -0.2) is 48.8 Å². The van der Waals surface area contributed by atoms with Gasteiger partial charge in [-0.3, -0.25) is 4.79 Å². The van der Waals surface area contributed by atoms with Crippen molar-refractivity contribution in [1.29, 1.82) is 0 Å². The molecule has 1 saturated heterocycles. The van der Waals surface area contributed by atoms with Crippen molar-refractivity contribution in [3.8, 4) is 0 Å². The lowest BCUT2D eigenvalue weighted by Crippen LogP contribution is -2.46. The van der Waals surface area contributed by atoms with Gasteiger partial charge in [-0.05, 0) is 37.5 Å². The molecular weight excluding hydrogens is 316 g/mol. The van der Waals surface area contributed by atoms with Gasteiger partial charge in [0.15, 0.2) is 11.6 Å². The molecule has 1 aromatic carbocycles. The Bertz CT molecular complexity index is 649. The minimum absolute atomic E-state index is 0.0428. The van der Waals surface area contributed by atoms with Crippen molar-refractivity contribution in [2.45, 2.75) is 38.0 Å². The molecule has 2 fully saturated rings. The van der Waals surface area contributed by atoms with Crippen LogP contribution < -0.4 is 0 Å². The third-order valence-electron chi connectivity index (χ3n) is 4.72. The molecule has 1 amide bonds. The van der Waals surface area contributed by atoms with Crippen molar-refractivity contribution in [1.82, 2.24) is 4.90 Å². The fourth-order valence-corrected chi connectivity index (χ4v) is 3.57. The van der Waals surface area contributed by atoms with Crippen molar-refractivity contribution in [2.24, 2.45) is 0 Å². The summed E-state index contributed by atoms with van der Waals surface area (Å²) in [6.45, 7) is 6.45. The van der Waals surface area contributed by atoms with E-state index in [4.69, 9.17) is 9.47 Å². The molecule has 2 aliphatic rings. The zero-order valence-corrected chi connectivity index (χ0v) is 13.6. The van der Waals surface area contributed by atoms with Crippen LogP contribution in [0.1, 0.15) is 28.8 Å². The smallest absolute Gasteiger partial charge is 0.254 e. The number of carbonyl (C=O) groups is 1. The number of hydrogen-bond donors (Lipinski definition) is 0. The summed E-state index contributed by atoms with van der Waals surface area (Å²) in [5.41, 5.74) is 0.601. The normalized spacial score (nSPS) is 26.3. The van der Waals surface area contributed by atoms with Gasteiger partial charge in [-0.15, -0.1) is 6.58 Å². The Kier molecular flexibility index (Phi) is 4.96. The van der Waals surface area contributed by atoms with Gasteiger partial charge in [0.2, 0.25) is 0 Å². The van der Waals surface area contributed by atoms with Crippen LogP contribution in [-0.2, 0) is 9.47 Å². The number of nitrogens with zero attached hydrogens (tertiary/aromatic N) is 1. The number of fused-ring (bicyclic) bond motifs is 2. The first-order valence-corrected chi connectivity index (χ1v) is 8.13. The minimum Gasteiger partial charge on any atom is -0.374 e. The van der Waals surface area contributed by atoms with E-state index in [1.165, 1.54) is 0 Å². The van der Waals surface area contributed by atoms with Gasteiger partial charge in [0.05, 0.1) is 25.4 Å². The number of benzene rings is 1. The van der Waals surface area contributed by atoms with Crippen LogP contribution in [0.25, 0.3) is 0 Å². The maximum absolute atomic E-state index is 13.6. The summed E-state index contributed by atoms with van der Waals surface area (Å²) in [6.07, 6.45) is 2.98. The average molecular weight is 337 g/mol. The second kappa shape index (κ2) is 6.99. The molecule has 24 heavy (non-hydrogen) atoms. The van der Waals surface area contributed by atoms with Gasteiger partial charge in [0.25, 0.3) is 5.91 Å². The highest BCUT2D eigenvalue weighted by atomic mass is 19.2. The number of halogens is 2. The van der Waals surface area contributed by atoms with E-state index in [-0.39, 0.29) is 29.7 Å². The van der Waals surface area contributed by atoms with E-state index in [0.717, 1.165) is 25.0 Å². The van der Waals surface area contributed by atoms with Crippen molar-refractivity contribution < 1.29 is 23.0 Å². The van der Waals surface area contributed by atoms with Gasteiger partial charge in [-0.1, -0.05) is 6.08 Å². The molecule has 4 nitrogen and oxygen atoms in total. The second-order valence-corrected chi connectivity index (χ2v) is 6.22. The predicted molar refractivity (Wildman–Crippen MR) is 84.8 cm³/mol. The summed E-state index contributed by atoms with van der Waals surface area (Å²) in [4.78, 5) is 14.6. The second-order valence-electron chi connectivity index (χ2n) is 6.22. The standard InChI is InChI=1S/C18H21F2NO3/c1-3-7-24-17-15-4-5-16(17)23-8-6-21(15)18(22)12-10-14(20)13(19)9-11(12)2/h3,9-10,15-17H,1,4-8H2,2H3. The van der Waals surface area contributed by atoms with E-state index < -0.39 is 11.6 Å². The zero-order chi connectivity index (χ0) is 17.3. The fraction of sp³-hybridized carbons (Fsp3) is 0.500. The van der Waals surface area contributed by atoms with Crippen molar-refractivity contribution in [3.63, 3.8) is 0 Å². The van der Waals surface area contributed by atoms with E-state index in [2.05, 4.69) is 6.58 Å². The quantitative estimate of drug-likeness (QED) is 0.793. The molecule has 130 valence electrons. The van der Waals surface area contributed by atoms with E-state index >= 15 is 0 Å². The lowest BCUT2D eigenvalue weighted by Gasteiger charge is -2.31. The minimum atomic E-state index is -1.02. The molecule has 1 aliphatic carbocycles. The number of ether oxygens (including phenoxy) is 2. The first-order valence-electron chi connectivity index (χ1n) is 8.13. The van der Waals surface area contributed by atoms with Crippen molar-refractivity contribution >= 4 is 5.91 Å². The maximum atomic E-state index is 13.6. The van der Waals surface area contributed by atoms with Crippen LogP contribution in [0.15, 0.2) is 24.8 Å². The largest absolute Gasteiger partial charge is 0.374 e. The topological polar surface area (TPSA) is 38.8 Å². The third-order valence-corrected chi connectivity index (χ3v) is 4.72. The molecule has 0 aromatic heterocycles. The first-order chi connectivity index (χ1) is 11.5.